The Morgan fingerprint density at radius 3 is 2.55 bits per heavy atom. The molecule has 0 aromatic heterocycles. The predicted octanol–water partition coefficient (Wildman–Crippen LogP) is 4.10. The Kier molecular flexibility index (Phi) is 3.32. The van der Waals surface area contributed by atoms with E-state index in [-0.39, 0.29) is 12.3 Å². The Morgan fingerprint density at radius 1 is 1.15 bits per heavy atom. The Morgan fingerprint density at radius 2 is 1.90 bits per heavy atom. The van der Waals surface area contributed by atoms with Crippen molar-refractivity contribution < 1.29 is 13.9 Å². The summed E-state index contributed by atoms with van der Waals surface area (Å²) in [7, 11) is 0. The fraction of sp³-hybridized carbons (Fsp3) is 0.133. The topological polar surface area (TPSA) is 29.5 Å². The van der Waals surface area contributed by atoms with E-state index < -0.39 is 11.9 Å². The van der Waals surface area contributed by atoms with Crippen molar-refractivity contribution in [1.29, 1.82) is 0 Å². The van der Waals surface area contributed by atoms with Gasteiger partial charge in [-0.15, -0.1) is 0 Å². The largest absolute Gasteiger partial charge is 0.447 e. The van der Waals surface area contributed by atoms with Crippen molar-refractivity contribution in [2.75, 3.05) is 18.1 Å². The van der Waals surface area contributed by atoms with Crippen molar-refractivity contribution in [2.45, 2.75) is 0 Å². The average Bonchev–Trinajstić information content (AvgIpc) is 2.86. The molecule has 1 heterocycles. The number of amides is 1. The van der Waals surface area contributed by atoms with Crippen LogP contribution in [0.2, 0.25) is 5.02 Å². The van der Waals surface area contributed by atoms with Gasteiger partial charge in [0.15, 0.2) is 5.82 Å². The fourth-order valence-corrected chi connectivity index (χ4v) is 2.32. The van der Waals surface area contributed by atoms with E-state index in [1.54, 1.807) is 42.5 Å². The van der Waals surface area contributed by atoms with Crippen LogP contribution in [0.1, 0.15) is 0 Å². The van der Waals surface area contributed by atoms with Gasteiger partial charge >= 0.3 is 6.09 Å². The van der Waals surface area contributed by atoms with Crippen LogP contribution in [0.15, 0.2) is 42.5 Å². The molecule has 0 bridgehead atoms. The molecule has 0 spiro atoms. The second-order valence-corrected chi connectivity index (χ2v) is 4.85. The predicted molar refractivity (Wildman–Crippen MR) is 75.5 cm³/mol. The third-order valence-electron chi connectivity index (χ3n) is 3.19. The maximum Gasteiger partial charge on any atom is 0.414 e. The number of hydrogen-bond donors (Lipinski definition) is 0. The minimum atomic E-state index is -0.517. The van der Waals surface area contributed by atoms with Crippen LogP contribution in [0.5, 0.6) is 0 Å². The van der Waals surface area contributed by atoms with Gasteiger partial charge in [0.1, 0.15) is 6.61 Å². The number of carbonyl (C=O) groups is 1. The molecule has 2 aromatic rings. The summed E-state index contributed by atoms with van der Waals surface area (Å²) in [4.78, 5) is 12.8. The van der Waals surface area contributed by atoms with Gasteiger partial charge < -0.3 is 4.74 Å². The number of ether oxygens (including phenoxy) is 1. The summed E-state index contributed by atoms with van der Waals surface area (Å²) < 4.78 is 19.4. The van der Waals surface area contributed by atoms with E-state index in [0.29, 0.717) is 22.7 Å². The number of rotatable bonds is 2. The maximum absolute atomic E-state index is 14.6. The van der Waals surface area contributed by atoms with Crippen LogP contribution in [-0.2, 0) is 4.74 Å². The Hall–Kier alpha value is -2.07. The smallest absolute Gasteiger partial charge is 0.414 e. The highest BCUT2D eigenvalue weighted by molar-refractivity contribution is 6.30. The Balaban J connectivity index is 2.05. The van der Waals surface area contributed by atoms with Gasteiger partial charge in [0.05, 0.1) is 12.2 Å². The van der Waals surface area contributed by atoms with Gasteiger partial charge in [-0.05, 0) is 23.8 Å². The lowest BCUT2D eigenvalue weighted by Crippen LogP contribution is -2.24. The van der Waals surface area contributed by atoms with Gasteiger partial charge in [-0.25, -0.2) is 9.18 Å². The number of cyclic esters (lactones) is 1. The highest BCUT2D eigenvalue weighted by atomic mass is 35.5. The van der Waals surface area contributed by atoms with E-state index >= 15 is 0 Å². The first-order valence-electron chi connectivity index (χ1n) is 6.15. The monoisotopic (exact) mass is 291 g/mol. The Bertz CT molecular complexity index is 657. The molecule has 3 nitrogen and oxygen atoms in total. The van der Waals surface area contributed by atoms with Crippen molar-refractivity contribution in [3.8, 4) is 11.1 Å². The molecular formula is C15H11ClFNO2. The lowest BCUT2D eigenvalue weighted by atomic mass is 10.0. The molecule has 0 atom stereocenters. The zero-order chi connectivity index (χ0) is 14.1. The van der Waals surface area contributed by atoms with Crippen molar-refractivity contribution in [1.82, 2.24) is 0 Å². The van der Waals surface area contributed by atoms with Crippen molar-refractivity contribution in [3.05, 3.63) is 53.3 Å². The summed E-state index contributed by atoms with van der Waals surface area (Å²) in [5.41, 5.74) is 1.38. The van der Waals surface area contributed by atoms with Gasteiger partial charge in [0.2, 0.25) is 0 Å². The number of benzene rings is 2. The lowest BCUT2D eigenvalue weighted by Gasteiger charge is -2.15. The summed E-state index contributed by atoms with van der Waals surface area (Å²) in [6.07, 6.45) is -0.517. The quantitative estimate of drug-likeness (QED) is 0.833. The van der Waals surface area contributed by atoms with Crippen LogP contribution in [0.3, 0.4) is 0 Å². The lowest BCUT2D eigenvalue weighted by molar-refractivity contribution is 0.181. The van der Waals surface area contributed by atoms with Crippen LogP contribution in [0.25, 0.3) is 11.1 Å². The van der Waals surface area contributed by atoms with Crippen molar-refractivity contribution in [3.63, 3.8) is 0 Å². The molecule has 5 heteroatoms. The molecule has 1 aliphatic heterocycles. The molecule has 0 unspecified atom stereocenters. The first-order valence-corrected chi connectivity index (χ1v) is 6.53. The van der Waals surface area contributed by atoms with Gasteiger partial charge in [-0.2, -0.15) is 0 Å². The summed E-state index contributed by atoms with van der Waals surface area (Å²) in [6.45, 7) is 0.642. The van der Waals surface area contributed by atoms with Gasteiger partial charge in [0.25, 0.3) is 0 Å². The van der Waals surface area contributed by atoms with E-state index in [9.17, 15) is 9.18 Å². The molecule has 1 saturated heterocycles. The van der Waals surface area contributed by atoms with Crippen molar-refractivity contribution >= 4 is 23.4 Å². The maximum atomic E-state index is 14.6. The molecule has 0 aliphatic carbocycles. The van der Waals surface area contributed by atoms with Gasteiger partial charge in [-0.1, -0.05) is 35.9 Å². The molecular weight excluding hydrogens is 281 g/mol. The minimum absolute atomic E-state index is 0.236. The molecule has 2 aromatic carbocycles. The van der Waals surface area contributed by atoms with Crippen LogP contribution < -0.4 is 4.90 Å². The first kappa shape index (κ1) is 12.9. The number of anilines is 1. The molecule has 1 fully saturated rings. The molecule has 0 radical (unpaired) electrons. The normalized spacial score (nSPS) is 14.5. The van der Waals surface area contributed by atoms with E-state index in [1.807, 2.05) is 0 Å². The molecule has 1 aliphatic rings. The second-order valence-electron chi connectivity index (χ2n) is 4.41. The Labute approximate surface area is 120 Å². The summed E-state index contributed by atoms with van der Waals surface area (Å²) in [6, 6.07) is 11.8. The first-order chi connectivity index (χ1) is 9.66. The van der Waals surface area contributed by atoms with Crippen molar-refractivity contribution in [2.24, 2.45) is 0 Å². The standard InChI is InChI=1S/C15H11ClFNO2/c16-11-6-4-10(5-7-11)12-2-1-3-13(14(12)17)18-8-9-20-15(18)19/h1-7H,8-9H2. The van der Waals surface area contributed by atoms with E-state index in [4.69, 9.17) is 16.3 Å². The zero-order valence-corrected chi connectivity index (χ0v) is 11.2. The van der Waals surface area contributed by atoms with Crippen LogP contribution in [-0.4, -0.2) is 19.2 Å². The van der Waals surface area contributed by atoms with Crippen LogP contribution >= 0.6 is 11.6 Å². The van der Waals surface area contributed by atoms with Gasteiger partial charge in [-0.3, -0.25) is 4.90 Å². The molecule has 1 amide bonds. The van der Waals surface area contributed by atoms with E-state index in [1.165, 1.54) is 4.90 Å². The number of carbonyl (C=O) groups excluding carboxylic acids is 1. The zero-order valence-electron chi connectivity index (χ0n) is 10.5. The van der Waals surface area contributed by atoms with E-state index in [2.05, 4.69) is 0 Å². The highest BCUT2D eigenvalue weighted by Crippen LogP contribution is 2.31. The molecule has 0 N–H and O–H groups in total. The third-order valence-corrected chi connectivity index (χ3v) is 3.44. The summed E-state index contributed by atoms with van der Waals surface area (Å²) >= 11 is 5.83. The van der Waals surface area contributed by atoms with Gasteiger partial charge in [0, 0.05) is 10.6 Å². The third kappa shape index (κ3) is 2.23. The molecule has 20 heavy (non-hydrogen) atoms. The molecule has 102 valence electrons. The second kappa shape index (κ2) is 5.13. The number of halogens is 2. The summed E-state index contributed by atoms with van der Waals surface area (Å²) in [5, 5.41) is 0.591. The van der Waals surface area contributed by atoms with E-state index in [0.717, 1.165) is 0 Å². The molecule has 0 saturated carbocycles. The SMILES string of the molecule is O=C1OCCN1c1cccc(-c2ccc(Cl)cc2)c1F. The number of hydrogen-bond acceptors (Lipinski definition) is 2. The number of nitrogens with zero attached hydrogens (tertiary/aromatic N) is 1. The fourth-order valence-electron chi connectivity index (χ4n) is 2.19. The summed E-state index contributed by atoms with van der Waals surface area (Å²) in [5.74, 6) is -0.436. The van der Waals surface area contributed by atoms with Crippen LogP contribution in [0, 0.1) is 5.82 Å². The minimum Gasteiger partial charge on any atom is -0.447 e. The highest BCUT2D eigenvalue weighted by Gasteiger charge is 2.27. The van der Waals surface area contributed by atoms with Crippen LogP contribution in [0.4, 0.5) is 14.9 Å². The molecule has 3 rings (SSSR count). The average molecular weight is 292 g/mol.